The Morgan fingerprint density at radius 3 is 2.59 bits per heavy atom. The number of thiophene rings is 1. The number of fused-ring (bicyclic) bond motifs is 3. The first-order chi connectivity index (χ1) is 8.05. The molecule has 0 amide bonds. The van der Waals surface area contributed by atoms with Gasteiger partial charge in [-0.3, -0.25) is 0 Å². The van der Waals surface area contributed by atoms with Gasteiger partial charge in [-0.1, -0.05) is 39.0 Å². The maximum Gasteiger partial charge on any atom is 0.134 e. The predicted octanol–water partition coefficient (Wildman–Crippen LogP) is 4.14. The third-order valence-electron chi connectivity index (χ3n) is 2.79. The lowest BCUT2D eigenvalue weighted by Gasteiger charge is -2.15. The molecule has 0 aliphatic heterocycles. The zero-order valence-electron chi connectivity index (χ0n) is 10.2. The van der Waals surface area contributed by atoms with Gasteiger partial charge >= 0.3 is 0 Å². The van der Waals surface area contributed by atoms with Crippen molar-refractivity contribution in [3.8, 4) is 0 Å². The van der Waals surface area contributed by atoms with E-state index in [2.05, 4.69) is 50.0 Å². The lowest BCUT2D eigenvalue weighted by molar-refractivity contribution is 0.548. The molecule has 17 heavy (non-hydrogen) atoms. The van der Waals surface area contributed by atoms with E-state index in [0.717, 1.165) is 11.3 Å². The molecule has 2 aromatic heterocycles. The smallest absolute Gasteiger partial charge is 0.134 e. The van der Waals surface area contributed by atoms with Crippen LogP contribution < -0.4 is 0 Å². The fourth-order valence-corrected chi connectivity index (χ4v) is 2.89. The fraction of sp³-hybridized carbons (Fsp3) is 0.286. The summed E-state index contributed by atoms with van der Waals surface area (Å²) in [4.78, 5) is 9.21. The Labute approximate surface area is 104 Å². The van der Waals surface area contributed by atoms with Crippen LogP contribution in [0.25, 0.3) is 20.3 Å². The van der Waals surface area contributed by atoms with Crippen LogP contribution in [0.2, 0.25) is 0 Å². The van der Waals surface area contributed by atoms with Crippen LogP contribution in [-0.4, -0.2) is 9.97 Å². The minimum atomic E-state index is -0.00275. The molecule has 86 valence electrons. The van der Waals surface area contributed by atoms with Gasteiger partial charge in [0.25, 0.3) is 0 Å². The first kappa shape index (κ1) is 10.7. The summed E-state index contributed by atoms with van der Waals surface area (Å²) >= 11 is 1.76. The molecule has 3 aromatic rings. The van der Waals surface area contributed by atoms with Crippen LogP contribution in [0.15, 0.2) is 30.5 Å². The minimum Gasteiger partial charge on any atom is -0.239 e. The number of benzene rings is 1. The zero-order chi connectivity index (χ0) is 12.0. The van der Waals surface area contributed by atoms with E-state index in [9.17, 15) is 0 Å². The molecule has 0 bridgehead atoms. The Morgan fingerprint density at radius 2 is 1.82 bits per heavy atom. The Hall–Kier alpha value is -1.48. The summed E-state index contributed by atoms with van der Waals surface area (Å²) in [7, 11) is 0. The molecule has 2 heterocycles. The molecule has 0 fully saturated rings. The predicted molar refractivity (Wildman–Crippen MR) is 73.6 cm³/mol. The van der Waals surface area contributed by atoms with Crippen LogP contribution in [0.5, 0.6) is 0 Å². The Balaban J connectivity index is 2.38. The van der Waals surface area contributed by atoms with Gasteiger partial charge in [0, 0.05) is 21.7 Å². The van der Waals surface area contributed by atoms with Crippen LogP contribution >= 0.6 is 11.3 Å². The SMILES string of the molecule is CC(C)(C)c1ncc2sc3ccccc3c2n1. The Kier molecular flexibility index (Phi) is 2.20. The van der Waals surface area contributed by atoms with Gasteiger partial charge in [-0.25, -0.2) is 9.97 Å². The third-order valence-corrected chi connectivity index (χ3v) is 3.88. The molecular formula is C14H14N2S. The summed E-state index contributed by atoms with van der Waals surface area (Å²) < 4.78 is 2.45. The van der Waals surface area contributed by atoms with Crippen molar-refractivity contribution in [2.45, 2.75) is 26.2 Å². The highest BCUT2D eigenvalue weighted by Crippen LogP contribution is 2.32. The number of rotatable bonds is 0. The fourth-order valence-electron chi connectivity index (χ4n) is 1.87. The summed E-state index contributed by atoms with van der Waals surface area (Å²) in [5, 5.41) is 1.24. The molecule has 2 nitrogen and oxygen atoms in total. The Bertz CT molecular complexity index is 692. The van der Waals surface area contributed by atoms with E-state index in [1.54, 1.807) is 11.3 Å². The standard InChI is InChI=1S/C14H14N2S/c1-14(2,3)13-15-8-11-12(16-13)9-6-4-5-7-10(9)17-11/h4-8H,1-3H3. The molecule has 0 aliphatic carbocycles. The highest BCUT2D eigenvalue weighted by Gasteiger charge is 2.18. The molecule has 0 spiro atoms. The minimum absolute atomic E-state index is 0.00275. The first-order valence-electron chi connectivity index (χ1n) is 5.70. The van der Waals surface area contributed by atoms with Gasteiger partial charge in [0.15, 0.2) is 0 Å². The van der Waals surface area contributed by atoms with Crippen molar-refractivity contribution in [1.29, 1.82) is 0 Å². The van der Waals surface area contributed by atoms with Gasteiger partial charge in [-0.2, -0.15) is 0 Å². The number of hydrogen-bond acceptors (Lipinski definition) is 3. The van der Waals surface area contributed by atoms with Crippen molar-refractivity contribution in [3.05, 3.63) is 36.3 Å². The molecule has 0 saturated heterocycles. The molecule has 0 N–H and O–H groups in total. The van der Waals surface area contributed by atoms with Crippen molar-refractivity contribution in [1.82, 2.24) is 9.97 Å². The van der Waals surface area contributed by atoms with E-state index in [0.29, 0.717) is 0 Å². The molecule has 0 atom stereocenters. The van der Waals surface area contributed by atoms with Crippen LogP contribution in [0.4, 0.5) is 0 Å². The molecule has 0 aliphatic rings. The molecule has 1 aromatic carbocycles. The van der Waals surface area contributed by atoms with Crippen LogP contribution in [0.3, 0.4) is 0 Å². The Morgan fingerprint density at radius 1 is 1.06 bits per heavy atom. The second-order valence-electron chi connectivity index (χ2n) is 5.25. The monoisotopic (exact) mass is 242 g/mol. The lowest BCUT2D eigenvalue weighted by Crippen LogP contribution is -2.15. The van der Waals surface area contributed by atoms with E-state index in [1.165, 1.54) is 14.8 Å². The molecule has 0 radical (unpaired) electrons. The molecular weight excluding hydrogens is 228 g/mol. The maximum absolute atomic E-state index is 4.73. The highest BCUT2D eigenvalue weighted by atomic mass is 32.1. The second-order valence-corrected chi connectivity index (χ2v) is 6.34. The van der Waals surface area contributed by atoms with Gasteiger partial charge in [0.1, 0.15) is 5.82 Å². The number of aromatic nitrogens is 2. The molecule has 0 saturated carbocycles. The van der Waals surface area contributed by atoms with Crippen LogP contribution in [-0.2, 0) is 5.41 Å². The average Bonchev–Trinajstić information content (AvgIpc) is 2.65. The van der Waals surface area contributed by atoms with Gasteiger partial charge in [-0.05, 0) is 6.07 Å². The van der Waals surface area contributed by atoms with E-state index in [1.807, 2.05) is 6.20 Å². The van der Waals surface area contributed by atoms with E-state index < -0.39 is 0 Å². The van der Waals surface area contributed by atoms with Crippen molar-refractivity contribution in [2.24, 2.45) is 0 Å². The van der Waals surface area contributed by atoms with Gasteiger partial charge in [0.05, 0.1) is 10.2 Å². The summed E-state index contributed by atoms with van der Waals surface area (Å²) in [6, 6.07) is 8.40. The van der Waals surface area contributed by atoms with E-state index >= 15 is 0 Å². The topological polar surface area (TPSA) is 25.8 Å². The van der Waals surface area contributed by atoms with Gasteiger partial charge in [-0.15, -0.1) is 11.3 Å². The van der Waals surface area contributed by atoms with E-state index in [-0.39, 0.29) is 5.41 Å². The third kappa shape index (κ3) is 1.71. The summed E-state index contributed by atoms with van der Waals surface area (Å²) in [6.07, 6.45) is 1.95. The van der Waals surface area contributed by atoms with Crippen molar-refractivity contribution in [2.75, 3.05) is 0 Å². The second kappa shape index (κ2) is 3.50. The molecule has 3 heteroatoms. The van der Waals surface area contributed by atoms with E-state index in [4.69, 9.17) is 4.98 Å². The number of hydrogen-bond donors (Lipinski definition) is 0. The molecule has 3 rings (SSSR count). The zero-order valence-corrected chi connectivity index (χ0v) is 11.0. The van der Waals surface area contributed by atoms with Gasteiger partial charge < -0.3 is 0 Å². The lowest BCUT2D eigenvalue weighted by atomic mass is 9.96. The van der Waals surface area contributed by atoms with Crippen LogP contribution in [0.1, 0.15) is 26.6 Å². The normalized spacial score (nSPS) is 12.4. The summed E-state index contributed by atoms with van der Waals surface area (Å²) in [6.45, 7) is 6.42. The first-order valence-corrected chi connectivity index (χ1v) is 6.52. The average molecular weight is 242 g/mol. The summed E-state index contributed by atoms with van der Waals surface area (Å²) in [5.41, 5.74) is 1.09. The summed E-state index contributed by atoms with van der Waals surface area (Å²) in [5.74, 6) is 0.911. The largest absolute Gasteiger partial charge is 0.239 e. The highest BCUT2D eigenvalue weighted by molar-refractivity contribution is 7.25. The number of nitrogens with zero attached hydrogens (tertiary/aromatic N) is 2. The maximum atomic E-state index is 4.73. The van der Waals surface area contributed by atoms with Crippen LogP contribution in [0, 0.1) is 0 Å². The molecule has 0 unspecified atom stereocenters. The van der Waals surface area contributed by atoms with Gasteiger partial charge in [0.2, 0.25) is 0 Å². The van der Waals surface area contributed by atoms with Crippen molar-refractivity contribution >= 4 is 31.6 Å². The van der Waals surface area contributed by atoms with Crippen molar-refractivity contribution in [3.63, 3.8) is 0 Å². The van der Waals surface area contributed by atoms with Crippen molar-refractivity contribution < 1.29 is 0 Å². The quantitative estimate of drug-likeness (QED) is 0.592.